The Bertz CT molecular complexity index is 1050. The number of hydrogen-bond donors (Lipinski definition) is 3. The van der Waals surface area contributed by atoms with Crippen molar-refractivity contribution in [1.29, 1.82) is 0 Å². The van der Waals surface area contributed by atoms with E-state index in [1.165, 1.54) is 11.3 Å². The Balaban J connectivity index is 1.49. The molecule has 0 saturated heterocycles. The number of benzene rings is 2. The van der Waals surface area contributed by atoms with E-state index >= 15 is 0 Å². The number of amides is 2. The van der Waals surface area contributed by atoms with Crippen molar-refractivity contribution in [3.63, 3.8) is 0 Å². The van der Waals surface area contributed by atoms with Crippen molar-refractivity contribution >= 4 is 23.2 Å². The van der Waals surface area contributed by atoms with Gasteiger partial charge in [-0.1, -0.05) is 42.5 Å². The quantitative estimate of drug-likeness (QED) is 0.575. The van der Waals surface area contributed by atoms with Crippen LogP contribution < -0.4 is 10.6 Å². The highest BCUT2D eigenvalue weighted by Crippen LogP contribution is 2.47. The molecule has 2 aromatic carbocycles. The number of carbonyl (C=O) groups is 1. The average molecular weight is 389 g/mol. The standard InChI is InChI=1S/C22H19N3O2S/c1-2-20-24-19(14-28-20)25-21(26)23-13-17-9-8-16(15-6-4-3-5-7-15)12-18(17)22(27)10-11-22/h1,3-9,12,14,27H,10-11,13H2,(H2,23,25,26). The van der Waals surface area contributed by atoms with Crippen LogP contribution in [0.2, 0.25) is 0 Å². The smallest absolute Gasteiger partial charge is 0.320 e. The fraction of sp³-hybridized carbons (Fsp3) is 0.182. The lowest BCUT2D eigenvalue weighted by Gasteiger charge is -2.17. The molecule has 6 heteroatoms. The molecular weight excluding hydrogens is 370 g/mol. The Hall–Kier alpha value is -3.14. The summed E-state index contributed by atoms with van der Waals surface area (Å²) in [6.45, 7) is 0.310. The summed E-state index contributed by atoms with van der Waals surface area (Å²) in [4.78, 5) is 16.3. The Morgan fingerprint density at radius 2 is 2.00 bits per heavy atom. The van der Waals surface area contributed by atoms with E-state index in [0.717, 1.165) is 35.1 Å². The van der Waals surface area contributed by atoms with Gasteiger partial charge in [0.2, 0.25) is 0 Å². The van der Waals surface area contributed by atoms with Gasteiger partial charge in [-0.25, -0.2) is 9.78 Å². The molecule has 1 aliphatic carbocycles. The first-order chi connectivity index (χ1) is 13.6. The van der Waals surface area contributed by atoms with Crippen LogP contribution in [0.4, 0.5) is 10.6 Å². The molecule has 3 N–H and O–H groups in total. The van der Waals surface area contributed by atoms with Crippen LogP contribution in [0.5, 0.6) is 0 Å². The molecule has 0 bridgehead atoms. The molecule has 28 heavy (non-hydrogen) atoms. The molecule has 0 spiro atoms. The number of rotatable bonds is 5. The first-order valence-electron chi connectivity index (χ1n) is 8.96. The highest BCUT2D eigenvalue weighted by atomic mass is 32.1. The Kier molecular flexibility index (Phi) is 4.86. The summed E-state index contributed by atoms with van der Waals surface area (Å²) in [6, 6.07) is 15.7. The van der Waals surface area contributed by atoms with Crippen LogP contribution in [0.25, 0.3) is 11.1 Å². The molecule has 1 aliphatic rings. The van der Waals surface area contributed by atoms with Crippen LogP contribution in [-0.2, 0) is 12.1 Å². The lowest BCUT2D eigenvalue weighted by Crippen LogP contribution is -2.29. The second-order valence-corrected chi connectivity index (χ2v) is 7.62. The lowest BCUT2D eigenvalue weighted by atomic mass is 9.95. The van der Waals surface area contributed by atoms with Gasteiger partial charge >= 0.3 is 6.03 Å². The van der Waals surface area contributed by atoms with Crippen LogP contribution in [0.3, 0.4) is 0 Å². The van der Waals surface area contributed by atoms with E-state index in [0.29, 0.717) is 17.4 Å². The maximum atomic E-state index is 12.2. The molecule has 4 rings (SSSR count). The van der Waals surface area contributed by atoms with E-state index in [4.69, 9.17) is 6.42 Å². The van der Waals surface area contributed by atoms with Gasteiger partial charge in [-0.05, 0) is 47.1 Å². The van der Waals surface area contributed by atoms with Crippen molar-refractivity contribution in [2.75, 3.05) is 5.32 Å². The maximum Gasteiger partial charge on any atom is 0.320 e. The second kappa shape index (κ2) is 7.47. The zero-order chi connectivity index (χ0) is 19.6. The molecule has 1 aromatic heterocycles. The fourth-order valence-electron chi connectivity index (χ4n) is 3.10. The predicted molar refractivity (Wildman–Crippen MR) is 111 cm³/mol. The van der Waals surface area contributed by atoms with Crippen LogP contribution >= 0.6 is 11.3 Å². The summed E-state index contributed by atoms with van der Waals surface area (Å²) < 4.78 is 0. The third kappa shape index (κ3) is 3.91. The molecule has 3 aromatic rings. The molecule has 0 unspecified atom stereocenters. The third-order valence-electron chi connectivity index (χ3n) is 4.75. The van der Waals surface area contributed by atoms with Crippen molar-refractivity contribution in [2.24, 2.45) is 0 Å². The number of anilines is 1. The first kappa shape index (κ1) is 18.2. The van der Waals surface area contributed by atoms with Gasteiger partial charge in [0.1, 0.15) is 5.82 Å². The second-order valence-electron chi connectivity index (χ2n) is 6.76. The summed E-state index contributed by atoms with van der Waals surface area (Å²) >= 11 is 1.30. The maximum absolute atomic E-state index is 12.2. The third-order valence-corrected chi connectivity index (χ3v) is 5.52. The topological polar surface area (TPSA) is 74.2 Å². The largest absolute Gasteiger partial charge is 0.385 e. The zero-order valence-electron chi connectivity index (χ0n) is 15.1. The highest BCUT2D eigenvalue weighted by Gasteiger charge is 2.43. The van der Waals surface area contributed by atoms with E-state index in [9.17, 15) is 9.90 Å². The predicted octanol–water partition coefficient (Wildman–Crippen LogP) is 4.09. The normalized spacial score (nSPS) is 14.1. The molecule has 1 fully saturated rings. The van der Waals surface area contributed by atoms with Crippen molar-refractivity contribution in [1.82, 2.24) is 10.3 Å². The number of terminal acetylenes is 1. The van der Waals surface area contributed by atoms with E-state index in [1.807, 2.05) is 48.5 Å². The Labute approximate surface area is 167 Å². The number of nitrogens with one attached hydrogen (secondary N) is 2. The molecule has 2 amide bonds. The number of thiazole rings is 1. The van der Waals surface area contributed by atoms with Gasteiger partial charge in [-0.3, -0.25) is 5.32 Å². The number of urea groups is 1. The van der Waals surface area contributed by atoms with Crippen molar-refractivity contribution in [3.05, 3.63) is 70.0 Å². The number of nitrogens with zero attached hydrogens (tertiary/aromatic N) is 1. The van der Waals surface area contributed by atoms with Gasteiger partial charge in [-0.2, -0.15) is 0 Å². The number of carbonyl (C=O) groups excluding carboxylic acids is 1. The minimum Gasteiger partial charge on any atom is -0.385 e. The molecule has 5 nitrogen and oxygen atoms in total. The summed E-state index contributed by atoms with van der Waals surface area (Å²) in [7, 11) is 0. The number of aliphatic hydroxyl groups is 1. The molecule has 0 aliphatic heterocycles. The lowest BCUT2D eigenvalue weighted by molar-refractivity contribution is 0.150. The van der Waals surface area contributed by atoms with E-state index in [1.54, 1.807) is 5.38 Å². The average Bonchev–Trinajstić information content (AvgIpc) is 3.31. The van der Waals surface area contributed by atoms with Gasteiger partial charge in [-0.15, -0.1) is 17.8 Å². The monoisotopic (exact) mass is 389 g/mol. The number of hydrogen-bond acceptors (Lipinski definition) is 4. The molecule has 1 heterocycles. The molecule has 140 valence electrons. The highest BCUT2D eigenvalue weighted by molar-refractivity contribution is 7.10. The van der Waals surface area contributed by atoms with Crippen LogP contribution in [0.1, 0.15) is 29.0 Å². The molecular formula is C22H19N3O2S. The summed E-state index contributed by atoms with van der Waals surface area (Å²) in [5.41, 5.74) is 3.12. The van der Waals surface area contributed by atoms with Crippen LogP contribution in [0.15, 0.2) is 53.9 Å². The van der Waals surface area contributed by atoms with E-state index in [-0.39, 0.29) is 6.03 Å². The Morgan fingerprint density at radius 3 is 2.68 bits per heavy atom. The summed E-state index contributed by atoms with van der Waals surface area (Å²) in [6.07, 6.45) is 6.76. The number of aromatic nitrogens is 1. The molecule has 1 saturated carbocycles. The summed E-state index contributed by atoms with van der Waals surface area (Å²) in [5.74, 6) is 2.86. The van der Waals surface area contributed by atoms with Gasteiger partial charge in [0.15, 0.2) is 5.01 Å². The van der Waals surface area contributed by atoms with E-state index in [2.05, 4.69) is 21.5 Å². The molecule has 0 atom stereocenters. The van der Waals surface area contributed by atoms with E-state index < -0.39 is 5.60 Å². The SMILES string of the molecule is C#Cc1nc(NC(=O)NCc2ccc(-c3ccccc3)cc2C2(O)CC2)cs1. The van der Waals surface area contributed by atoms with Crippen molar-refractivity contribution in [3.8, 4) is 23.5 Å². The van der Waals surface area contributed by atoms with Gasteiger partial charge in [0, 0.05) is 11.9 Å². The minimum atomic E-state index is -0.797. The minimum absolute atomic E-state index is 0.310. The first-order valence-corrected chi connectivity index (χ1v) is 9.83. The van der Waals surface area contributed by atoms with Gasteiger partial charge < -0.3 is 10.4 Å². The van der Waals surface area contributed by atoms with Gasteiger partial charge in [0.25, 0.3) is 0 Å². The zero-order valence-corrected chi connectivity index (χ0v) is 15.9. The molecule has 0 radical (unpaired) electrons. The van der Waals surface area contributed by atoms with Crippen LogP contribution in [0, 0.1) is 12.3 Å². The van der Waals surface area contributed by atoms with Crippen LogP contribution in [-0.4, -0.2) is 16.1 Å². The van der Waals surface area contributed by atoms with Crippen molar-refractivity contribution < 1.29 is 9.90 Å². The summed E-state index contributed by atoms with van der Waals surface area (Å²) in [5, 5.41) is 18.4. The fourth-order valence-corrected chi connectivity index (χ4v) is 3.65. The van der Waals surface area contributed by atoms with Gasteiger partial charge in [0.05, 0.1) is 5.60 Å². The Morgan fingerprint density at radius 1 is 1.21 bits per heavy atom. The van der Waals surface area contributed by atoms with Crippen molar-refractivity contribution in [2.45, 2.75) is 25.0 Å².